The molecule has 0 saturated heterocycles. The van der Waals surface area contributed by atoms with Crippen molar-refractivity contribution in [2.45, 2.75) is 193 Å². The van der Waals surface area contributed by atoms with E-state index in [0.29, 0.717) is 6.42 Å². The fourth-order valence-electron chi connectivity index (χ4n) is 5.25. The Hall–Kier alpha value is -1.43. The summed E-state index contributed by atoms with van der Waals surface area (Å²) in [6.45, 7) is 4.11. The number of nitrogens with one attached hydrogen (secondary N) is 1. The maximum atomic E-state index is 12.4. The normalized spacial score (nSPS) is 14.3. The summed E-state index contributed by atoms with van der Waals surface area (Å²) < 4.78 is 0. The number of aliphatic hydroxyl groups is 3. The number of hydrogen-bond acceptors (Lipinski definition) is 4. The highest BCUT2D eigenvalue weighted by Gasteiger charge is 2.22. The van der Waals surface area contributed by atoms with E-state index in [1.54, 1.807) is 6.08 Å². The van der Waals surface area contributed by atoms with Crippen molar-refractivity contribution in [1.82, 2.24) is 5.32 Å². The molecule has 0 aromatic rings. The van der Waals surface area contributed by atoms with Gasteiger partial charge in [-0.3, -0.25) is 4.79 Å². The zero-order chi connectivity index (χ0) is 31.6. The number of aliphatic hydroxyl groups excluding tert-OH is 3. The van der Waals surface area contributed by atoms with E-state index in [4.69, 9.17) is 0 Å². The van der Waals surface area contributed by atoms with Gasteiger partial charge in [0.15, 0.2) is 0 Å². The monoisotopic (exact) mass is 606 g/mol. The molecule has 0 heterocycles. The Bertz CT molecular complexity index is 675. The molecule has 0 saturated carbocycles. The minimum Gasteiger partial charge on any atom is -0.394 e. The van der Waals surface area contributed by atoms with Crippen LogP contribution < -0.4 is 5.32 Å². The van der Waals surface area contributed by atoms with Crippen LogP contribution in [-0.2, 0) is 4.79 Å². The minimum absolute atomic E-state index is 0.379. The third-order valence-electron chi connectivity index (χ3n) is 8.20. The molecule has 252 valence electrons. The molecule has 0 aromatic carbocycles. The van der Waals surface area contributed by atoms with Crippen molar-refractivity contribution in [3.05, 3.63) is 36.5 Å². The van der Waals surface area contributed by atoms with E-state index in [2.05, 4.69) is 43.5 Å². The van der Waals surface area contributed by atoms with E-state index in [1.165, 1.54) is 116 Å². The number of carbonyl (C=O) groups is 1. The van der Waals surface area contributed by atoms with Crippen LogP contribution in [0.15, 0.2) is 36.5 Å². The molecule has 0 radical (unpaired) electrons. The quantitative estimate of drug-likeness (QED) is 0.0454. The average Bonchev–Trinajstić information content (AvgIpc) is 3.01. The number of amides is 1. The first-order chi connectivity index (χ1) is 21.1. The lowest BCUT2D eigenvalue weighted by Crippen LogP contribution is -2.48. The van der Waals surface area contributed by atoms with Gasteiger partial charge in [0.2, 0.25) is 5.91 Å². The van der Waals surface area contributed by atoms with Gasteiger partial charge in [-0.25, -0.2) is 0 Å². The number of hydrogen-bond donors (Lipinski definition) is 4. The van der Waals surface area contributed by atoms with Crippen molar-refractivity contribution in [3.63, 3.8) is 0 Å². The molecule has 0 spiro atoms. The minimum atomic E-state index is -1.11. The molecule has 0 rings (SSSR count). The van der Waals surface area contributed by atoms with Crippen molar-refractivity contribution >= 4 is 5.91 Å². The van der Waals surface area contributed by atoms with Gasteiger partial charge < -0.3 is 20.6 Å². The Labute approximate surface area is 266 Å². The summed E-state index contributed by atoms with van der Waals surface area (Å²) in [5.74, 6) is -0.522. The first-order valence-electron chi connectivity index (χ1n) is 18.3. The Balaban J connectivity index is 3.75. The van der Waals surface area contributed by atoms with E-state index in [0.717, 1.165) is 38.5 Å². The second-order valence-corrected chi connectivity index (χ2v) is 12.4. The summed E-state index contributed by atoms with van der Waals surface area (Å²) in [5, 5.41) is 32.8. The number of rotatable bonds is 32. The lowest BCUT2D eigenvalue weighted by atomic mass is 10.0. The molecule has 3 atom stereocenters. The molecule has 0 aliphatic rings. The molecular formula is C38H71NO4. The molecule has 4 N–H and O–H groups in total. The van der Waals surface area contributed by atoms with E-state index < -0.39 is 24.2 Å². The number of allylic oxidation sites excluding steroid dienone is 5. The maximum Gasteiger partial charge on any atom is 0.249 e. The standard InChI is InChI=1S/C38H71NO4/c1-3-5-7-9-11-13-15-16-17-18-19-20-21-22-23-25-27-29-31-33-37(42)38(43)39-35(34-40)36(41)32-30-28-26-24-14-12-10-8-6-4-2/h14,19-20,24,30,32,35-37,40-42H,3-13,15-18,21-23,25-29,31,33-34H2,1-2H3,(H,39,43)/b20-19-,24-14+,32-30+. The zero-order valence-electron chi connectivity index (χ0n) is 28.3. The molecule has 0 fully saturated rings. The molecule has 0 aromatic heterocycles. The van der Waals surface area contributed by atoms with Gasteiger partial charge in [0.1, 0.15) is 6.10 Å². The van der Waals surface area contributed by atoms with Gasteiger partial charge in [0, 0.05) is 0 Å². The van der Waals surface area contributed by atoms with E-state index in [9.17, 15) is 20.1 Å². The molecule has 5 heteroatoms. The molecule has 1 amide bonds. The molecule has 0 aliphatic heterocycles. The van der Waals surface area contributed by atoms with E-state index in [-0.39, 0.29) is 6.61 Å². The summed E-state index contributed by atoms with van der Waals surface area (Å²) in [6.07, 6.45) is 40.2. The maximum absolute atomic E-state index is 12.4. The van der Waals surface area contributed by atoms with Crippen LogP contribution in [0.1, 0.15) is 174 Å². The highest BCUT2D eigenvalue weighted by molar-refractivity contribution is 5.80. The zero-order valence-corrected chi connectivity index (χ0v) is 28.3. The lowest BCUT2D eigenvalue weighted by Gasteiger charge is -2.21. The molecule has 3 unspecified atom stereocenters. The van der Waals surface area contributed by atoms with Crippen molar-refractivity contribution in [2.75, 3.05) is 6.61 Å². The summed E-state index contributed by atoms with van der Waals surface area (Å²) in [7, 11) is 0. The predicted molar refractivity (Wildman–Crippen MR) is 185 cm³/mol. The summed E-state index contributed by atoms with van der Waals surface area (Å²) >= 11 is 0. The Morgan fingerprint density at radius 2 is 0.953 bits per heavy atom. The van der Waals surface area contributed by atoms with Crippen LogP contribution in [-0.4, -0.2) is 46.1 Å². The van der Waals surface area contributed by atoms with Crippen LogP contribution in [0.25, 0.3) is 0 Å². The van der Waals surface area contributed by atoms with Gasteiger partial charge in [-0.05, 0) is 57.8 Å². The van der Waals surface area contributed by atoms with Crippen molar-refractivity contribution < 1.29 is 20.1 Å². The third-order valence-corrected chi connectivity index (χ3v) is 8.20. The highest BCUT2D eigenvalue weighted by atomic mass is 16.3. The first-order valence-corrected chi connectivity index (χ1v) is 18.3. The van der Waals surface area contributed by atoms with Crippen molar-refractivity contribution in [1.29, 1.82) is 0 Å². The average molecular weight is 606 g/mol. The smallest absolute Gasteiger partial charge is 0.249 e. The van der Waals surface area contributed by atoms with Crippen LogP contribution in [0.2, 0.25) is 0 Å². The van der Waals surface area contributed by atoms with Crippen LogP contribution in [0.4, 0.5) is 0 Å². The molecule has 5 nitrogen and oxygen atoms in total. The molecule has 0 aliphatic carbocycles. The number of unbranched alkanes of at least 4 members (excludes halogenated alkanes) is 20. The van der Waals surface area contributed by atoms with Gasteiger partial charge in [0.25, 0.3) is 0 Å². The molecular weight excluding hydrogens is 534 g/mol. The van der Waals surface area contributed by atoms with Gasteiger partial charge in [-0.1, -0.05) is 153 Å². The van der Waals surface area contributed by atoms with Crippen LogP contribution in [0.5, 0.6) is 0 Å². The summed E-state index contributed by atoms with van der Waals surface area (Å²) in [5.41, 5.74) is 0. The Morgan fingerprint density at radius 1 is 0.558 bits per heavy atom. The topological polar surface area (TPSA) is 89.8 Å². The fraction of sp³-hybridized carbons (Fsp3) is 0.816. The van der Waals surface area contributed by atoms with Crippen LogP contribution in [0, 0.1) is 0 Å². The lowest BCUT2D eigenvalue weighted by molar-refractivity contribution is -0.131. The van der Waals surface area contributed by atoms with Crippen molar-refractivity contribution in [2.24, 2.45) is 0 Å². The van der Waals surface area contributed by atoms with Gasteiger partial charge in [-0.2, -0.15) is 0 Å². The van der Waals surface area contributed by atoms with Gasteiger partial charge in [0.05, 0.1) is 18.8 Å². The first kappa shape index (κ1) is 41.6. The largest absolute Gasteiger partial charge is 0.394 e. The second-order valence-electron chi connectivity index (χ2n) is 12.4. The summed E-state index contributed by atoms with van der Waals surface area (Å²) in [4.78, 5) is 12.4. The molecule has 0 bridgehead atoms. The Kier molecular flexibility index (Phi) is 32.3. The van der Waals surface area contributed by atoms with E-state index >= 15 is 0 Å². The predicted octanol–water partition coefficient (Wildman–Crippen LogP) is 9.65. The second kappa shape index (κ2) is 33.5. The fourth-order valence-corrected chi connectivity index (χ4v) is 5.25. The summed E-state index contributed by atoms with van der Waals surface area (Å²) in [6, 6.07) is -0.813. The third kappa shape index (κ3) is 29.1. The van der Waals surface area contributed by atoms with Crippen LogP contribution in [0.3, 0.4) is 0 Å². The highest BCUT2D eigenvalue weighted by Crippen LogP contribution is 2.13. The SMILES string of the molecule is CCCCCC/C=C/CC/C=C/C(O)C(CO)NC(=O)C(O)CCCCCCCC/C=C\CCCCCCCCCCC. The van der Waals surface area contributed by atoms with E-state index in [1.807, 2.05) is 6.08 Å². The van der Waals surface area contributed by atoms with Gasteiger partial charge >= 0.3 is 0 Å². The van der Waals surface area contributed by atoms with Crippen molar-refractivity contribution in [3.8, 4) is 0 Å². The Morgan fingerprint density at radius 3 is 1.44 bits per heavy atom. The number of carbonyl (C=O) groups excluding carboxylic acids is 1. The van der Waals surface area contributed by atoms with Gasteiger partial charge in [-0.15, -0.1) is 0 Å². The molecule has 43 heavy (non-hydrogen) atoms. The van der Waals surface area contributed by atoms with Crippen LogP contribution >= 0.6 is 0 Å².